The van der Waals surface area contributed by atoms with E-state index < -0.39 is 0 Å². The summed E-state index contributed by atoms with van der Waals surface area (Å²) < 4.78 is 5.49. The molecule has 2 aliphatic rings. The molecule has 0 atom stereocenters. The van der Waals surface area contributed by atoms with Gasteiger partial charge in [0, 0.05) is 12.7 Å². The Morgan fingerprint density at radius 2 is 1.66 bits per heavy atom. The molecule has 0 unspecified atom stereocenters. The highest BCUT2D eigenvalue weighted by Crippen LogP contribution is 2.34. The molecule has 0 radical (unpaired) electrons. The van der Waals surface area contributed by atoms with E-state index in [1.807, 2.05) is 7.11 Å². The molecule has 0 aromatic heterocycles. The van der Waals surface area contributed by atoms with Gasteiger partial charge in [0.25, 0.3) is 0 Å². The third kappa shape index (κ3) is 7.35. The number of methoxy groups -OCH3 is 1. The second-order valence-corrected chi connectivity index (χ2v) is 9.24. The summed E-state index contributed by atoms with van der Waals surface area (Å²) in [4.78, 5) is 0. The fraction of sp³-hybridized carbons (Fsp3) is 0.643. The smallest absolute Gasteiger partial charge is 0.0571 e. The molecule has 2 saturated carbocycles. The van der Waals surface area contributed by atoms with Gasteiger partial charge in [0.15, 0.2) is 0 Å². The van der Waals surface area contributed by atoms with Crippen molar-refractivity contribution in [1.82, 2.24) is 0 Å². The van der Waals surface area contributed by atoms with E-state index in [1.54, 1.807) is 0 Å². The summed E-state index contributed by atoms with van der Waals surface area (Å²) in [6, 6.07) is 8.96. The van der Waals surface area contributed by atoms with Crippen LogP contribution in [0.15, 0.2) is 36.4 Å². The van der Waals surface area contributed by atoms with Gasteiger partial charge in [0.05, 0.1) is 6.10 Å². The predicted octanol–water partition coefficient (Wildman–Crippen LogP) is 7.65. The fourth-order valence-electron chi connectivity index (χ4n) is 5.13. The Morgan fingerprint density at radius 3 is 2.31 bits per heavy atom. The lowest BCUT2D eigenvalue weighted by Crippen LogP contribution is -2.19. The zero-order valence-electron chi connectivity index (χ0n) is 18.7. The summed E-state index contributed by atoms with van der Waals surface area (Å²) in [6.07, 6.45) is 21.0. The van der Waals surface area contributed by atoms with Gasteiger partial charge in [-0.3, -0.25) is 0 Å². The highest BCUT2D eigenvalue weighted by molar-refractivity contribution is 5.39. The Morgan fingerprint density at radius 1 is 0.931 bits per heavy atom. The van der Waals surface area contributed by atoms with Crippen LogP contribution < -0.4 is 0 Å². The van der Waals surface area contributed by atoms with Crippen LogP contribution in [0.2, 0.25) is 0 Å². The molecule has 0 N–H and O–H groups in total. The third-order valence-corrected chi connectivity index (χ3v) is 7.17. The number of unbranched alkanes of at least 4 members (excludes halogenated alkanes) is 2. The molecule has 158 valence electrons. The predicted molar refractivity (Wildman–Crippen MR) is 124 cm³/mol. The number of hydrogen-bond acceptors (Lipinski definition) is 1. The van der Waals surface area contributed by atoms with Crippen molar-refractivity contribution in [3.8, 4) is 11.8 Å². The topological polar surface area (TPSA) is 9.23 Å². The van der Waals surface area contributed by atoms with Crippen molar-refractivity contribution in [2.45, 2.75) is 96.0 Å². The summed E-state index contributed by atoms with van der Waals surface area (Å²) in [7, 11) is 1.84. The van der Waals surface area contributed by atoms with E-state index in [1.165, 1.54) is 82.6 Å². The molecule has 0 bridgehead atoms. The molecule has 0 saturated heterocycles. The van der Waals surface area contributed by atoms with E-state index in [-0.39, 0.29) is 0 Å². The van der Waals surface area contributed by atoms with Crippen LogP contribution in [0, 0.1) is 23.7 Å². The number of hydrogen-bond donors (Lipinski definition) is 0. The standard InChI is InChI=1S/C28H40O/c1-3-4-5-8-23-11-13-24(14-12-23)9-6-7-10-25-15-17-26(18-16-25)27-19-21-28(29-2)22-20-27/h6,9,15-18,23-24,27-28H,3-5,8,11-14,19-22H2,1-2H3. The molecule has 3 rings (SSSR count). The number of allylic oxidation sites excluding steroid dienone is 2. The molecule has 1 heteroatoms. The minimum Gasteiger partial charge on any atom is -0.381 e. The number of benzene rings is 1. The molecule has 0 amide bonds. The van der Waals surface area contributed by atoms with Crippen LogP contribution in [0.4, 0.5) is 0 Å². The SMILES string of the molecule is CCCCCC1CCC(C=CC#Cc2ccc(C3CCC(OC)CC3)cc2)CC1. The lowest BCUT2D eigenvalue weighted by Gasteiger charge is -2.27. The summed E-state index contributed by atoms with van der Waals surface area (Å²) in [5.74, 6) is 9.01. The quantitative estimate of drug-likeness (QED) is 0.342. The van der Waals surface area contributed by atoms with Crippen molar-refractivity contribution in [3.05, 3.63) is 47.5 Å². The third-order valence-electron chi connectivity index (χ3n) is 7.17. The van der Waals surface area contributed by atoms with Gasteiger partial charge < -0.3 is 4.74 Å². The van der Waals surface area contributed by atoms with Gasteiger partial charge >= 0.3 is 0 Å². The molecule has 1 aromatic rings. The average Bonchev–Trinajstić information content (AvgIpc) is 2.78. The summed E-state index contributed by atoms with van der Waals surface area (Å²) in [5, 5.41) is 0. The maximum Gasteiger partial charge on any atom is 0.0571 e. The first-order valence-electron chi connectivity index (χ1n) is 12.1. The minimum atomic E-state index is 0.472. The highest BCUT2D eigenvalue weighted by atomic mass is 16.5. The molecule has 0 spiro atoms. The molecule has 2 fully saturated rings. The summed E-state index contributed by atoms with van der Waals surface area (Å²) in [5.41, 5.74) is 2.60. The Balaban J connectivity index is 1.40. The van der Waals surface area contributed by atoms with E-state index in [0.29, 0.717) is 12.0 Å². The lowest BCUT2D eigenvalue weighted by atomic mass is 9.79. The van der Waals surface area contributed by atoms with Gasteiger partial charge in [0.1, 0.15) is 0 Å². The van der Waals surface area contributed by atoms with Gasteiger partial charge in [-0.05, 0) is 92.9 Å². The molecule has 1 aromatic carbocycles. The van der Waals surface area contributed by atoms with E-state index in [9.17, 15) is 0 Å². The van der Waals surface area contributed by atoms with Gasteiger partial charge in [-0.1, -0.05) is 62.7 Å². The molecule has 2 aliphatic carbocycles. The van der Waals surface area contributed by atoms with Crippen molar-refractivity contribution >= 4 is 0 Å². The maximum absolute atomic E-state index is 5.49. The summed E-state index contributed by atoms with van der Waals surface area (Å²) in [6.45, 7) is 2.30. The van der Waals surface area contributed by atoms with E-state index in [4.69, 9.17) is 4.74 Å². The molecular weight excluding hydrogens is 352 g/mol. The molecule has 1 nitrogen and oxygen atoms in total. The first-order chi connectivity index (χ1) is 14.3. The van der Waals surface area contributed by atoms with Crippen LogP contribution in [-0.4, -0.2) is 13.2 Å². The second-order valence-electron chi connectivity index (χ2n) is 9.24. The van der Waals surface area contributed by atoms with Crippen LogP contribution >= 0.6 is 0 Å². The monoisotopic (exact) mass is 392 g/mol. The zero-order valence-corrected chi connectivity index (χ0v) is 18.7. The van der Waals surface area contributed by atoms with Crippen LogP contribution in [-0.2, 0) is 4.74 Å². The molecule has 0 aliphatic heterocycles. The molecule has 29 heavy (non-hydrogen) atoms. The maximum atomic E-state index is 5.49. The van der Waals surface area contributed by atoms with E-state index in [0.717, 1.165) is 17.4 Å². The van der Waals surface area contributed by atoms with Crippen molar-refractivity contribution in [2.24, 2.45) is 11.8 Å². The van der Waals surface area contributed by atoms with Crippen LogP contribution in [0.5, 0.6) is 0 Å². The first-order valence-corrected chi connectivity index (χ1v) is 12.1. The van der Waals surface area contributed by atoms with E-state index >= 15 is 0 Å². The van der Waals surface area contributed by atoms with Crippen molar-refractivity contribution < 1.29 is 4.74 Å². The van der Waals surface area contributed by atoms with Gasteiger partial charge in [-0.25, -0.2) is 0 Å². The van der Waals surface area contributed by atoms with Crippen LogP contribution in [0.3, 0.4) is 0 Å². The number of ether oxygens (including phenoxy) is 1. The first kappa shape index (κ1) is 22.2. The van der Waals surface area contributed by atoms with Gasteiger partial charge in [-0.15, -0.1) is 0 Å². The fourth-order valence-corrected chi connectivity index (χ4v) is 5.13. The largest absolute Gasteiger partial charge is 0.381 e. The Hall–Kier alpha value is -1.52. The van der Waals surface area contributed by atoms with Crippen molar-refractivity contribution in [3.63, 3.8) is 0 Å². The lowest BCUT2D eigenvalue weighted by molar-refractivity contribution is 0.0659. The minimum absolute atomic E-state index is 0.472. The Labute approximate surface area is 179 Å². The number of rotatable bonds is 7. The van der Waals surface area contributed by atoms with E-state index in [2.05, 4.69) is 55.2 Å². The van der Waals surface area contributed by atoms with Crippen molar-refractivity contribution in [2.75, 3.05) is 7.11 Å². The molecular formula is C28H40O. The zero-order chi connectivity index (χ0) is 20.3. The Kier molecular flexibility index (Phi) is 9.36. The van der Waals surface area contributed by atoms with Crippen LogP contribution in [0.25, 0.3) is 0 Å². The normalized spacial score (nSPS) is 27.5. The van der Waals surface area contributed by atoms with Crippen molar-refractivity contribution in [1.29, 1.82) is 0 Å². The summed E-state index contributed by atoms with van der Waals surface area (Å²) >= 11 is 0. The van der Waals surface area contributed by atoms with Gasteiger partial charge in [0.2, 0.25) is 0 Å². The second kappa shape index (κ2) is 12.2. The van der Waals surface area contributed by atoms with Crippen LogP contribution in [0.1, 0.15) is 101 Å². The Bertz CT molecular complexity index is 659. The molecule has 0 heterocycles. The average molecular weight is 393 g/mol. The van der Waals surface area contributed by atoms with Gasteiger partial charge in [-0.2, -0.15) is 0 Å². The highest BCUT2D eigenvalue weighted by Gasteiger charge is 2.22.